The highest BCUT2D eigenvalue weighted by Gasteiger charge is 2.44. The van der Waals surface area contributed by atoms with Gasteiger partial charge in [-0.2, -0.15) is 0 Å². The van der Waals surface area contributed by atoms with Crippen molar-refractivity contribution < 1.29 is 8.42 Å². The van der Waals surface area contributed by atoms with Gasteiger partial charge in [-0.15, -0.1) is 0 Å². The van der Waals surface area contributed by atoms with E-state index in [1.165, 1.54) is 0 Å². The first-order valence-corrected chi connectivity index (χ1v) is 4.78. The van der Waals surface area contributed by atoms with Crippen molar-refractivity contribution in [1.29, 1.82) is 0 Å². The molecule has 0 amide bonds. The fourth-order valence-corrected chi connectivity index (χ4v) is 3.38. The highest BCUT2D eigenvalue weighted by Crippen LogP contribution is 2.26. The summed E-state index contributed by atoms with van der Waals surface area (Å²) in [7, 11) is -2.68. The Morgan fingerprint density at radius 2 is 2.22 bits per heavy atom. The summed E-state index contributed by atoms with van der Waals surface area (Å²) in [5, 5.41) is 4.01. The van der Waals surface area contributed by atoms with Gasteiger partial charge in [-0.25, -0.2) is 13.7 Å². The molecule has 1 radical (unpaired) electrons. The third kappa shape index (κ3) is 0.697. The molecule has 0 saturated carbocycles. The van der Waals surface area contributed by atoms with Gasteiger partial charge in [-0.1, -0.05) is 0 Å². The molecule has 0 spiro atoms. The van der Waals surface area contributed by atoms with Crippen molar-refractivity contribution in [3.05, 3.63) is 0 Å². The van der Waals surface area contributed by atoms with E-state index < -0.39 is 9.84 Å². The second-order valence-electron chi connectivity index (χ2n) is 2.71. The van der Waals surface area contributed by atoms with Gasteiger partial charge in [0.2, 0.25) is 0 Å². The lowest BCUT2D eigenvalue weighted by Gasteiger charge is -2.08. The Labute approximate surface area is 54.4 Å². The van der Waals surface area contributed by atoms with Crippen molar-refractivity contribution in [1.82, 2.24) is 5.32 Å². The summed E-state index contributed by atoms with van der Waals surface area (Å²) < 4.78 is 21.9. The molecule has 0 aromatic heterocycles. The van der Waals surface area contributed by atoms with Crippen LogP contribution in [-0.4, -0.2) is 32.0 Å². The van der Waals surface area contributed by atoms with Crippen LogP contribution in [0, 0.1) is 0 Å². The van der Waals surface area contributed by atoms with Crippen LogP contribution >= 0.6 is 0 Å². The summed E-state index contributed by atoms with van der Waals surface area (Å²) in [6, 6.07) is 0.153. The predicted octanol–water partition coefficient (Wildman–Crippen LogP) is -0.840. The molecule has 51 valence electrons. The normalized spacial score (nSPS) is 45.8. The van der Waals surface area contributed by atoms with Gasteiger partial charge in [-0.05, 0) is 6.42 Å². The average molecular weight is 146 g/mol. The molecule has 2 saturated heterocycles. The Bertz CT molecular complexity index is 221. The van der Waals surface area contributed by atoms with Gasteiger partial charge in [-0.3, -0.25) is 0 Å². The number of nitrogens with zero attached hydrogens (tertiary/aromatic N) is 1. The maximum absolute atomic E-state index is 11.0. The molecule has 2 rings (SSSR count). The smallest absolute Gasteiger partial charge is 0.156 e. The van der Waals surface area contributed by atoms with Crippen LogP contribution in [0.5, 0.6) is 0 Å². The molecule has 3 nitrogen and oxygen atoms in total. The molecule has 2 aliphatic heterocycles. The van der Waals surface area contributed by atoms with Crippen LogP contribution in [0.1, 0.15) is 6.42 Å². The molecule has 2 aliphatic rings. The number of rotatable bonds is 0. The summed E-state index contributed by atoms with van der Waals surface area (Å²) in [5.41, 5.74) is 0. The summed E-state index contributed by atoms with van der Waals surface area (Å²) in [6.07, 6.45) is 0.794. The van der Waals surface area contributed by atoms with Crippen molar-refractivity contribution in [2.24, 2.45) is 0 Å². The highest BCUT2D eigenvalue weighted by atomic mass is 32.2. The molecule has 0 aliphatic carbocycles. The average Bonchev–Trinajstić information content (AvgIpc) is 2.19. The van der Waals surface area contributed by atoms with Gasteiger partial charge in [0.15, 0.2) is 9.84 Å². The molecule has 2 unspecified atom stereocenters. The minimum absolute atomic E-state index is 0.109. The van der Waals surface area contributed by atoms with Gasteiger partial charge in [0.25, 0.3) is 0 Å². The fourth-order valence-electron chi connectivity index (χ4n) is 1.50. The monoisotopic (exact) mass is 146 g/mol. The largest absolute Gasteiger partial charge is 0.236 e. The molecule has 4 heteroatoms. The Morgan fingerprint density at radius 1 is 1.44 bits per heavy atom. The zero-order chi connectivity index (χ0) is 6.48. The highest BCUT2D eigenvalue weighted by molar-refractivity contribution is 7.92. The predicted molar refractivity (Wildman–Crippen MR) is 33.0 cm³/mol. The summed E-state index contributed by atoms with van der Waals surface area (Å²) in [6.45, 7) is 0.562. The molecule has 9 heavy (non-hydrogen) atoms. The molecule has 0 N–H and O–H groups in total. The first-order chi connectivity index (χ1) is 4.18. The maximum atomic E-state index is 11.0. The lowest BCUT2D eigenvalue weighted by molar-refractivity contribution is 0.573. The van der Waals surface area contributed by atoms with Crippen molar-refractivity contribution in [2.45, 2.75) is 17.7 Å². The van der Waals surface area contributed by atoms with Crippen LogP contribution in [0.4, 0.5) is 0 Å². The lowest BCUT2D eigenvalue weighted by atomic mass is 10.3. The maximum Gasteiger partial charge on any atom is 0.156 e. The van der Waals surface area contributed by atoms with Crippen LogP contribution in [-0.2, 0) is 9.84 Å². The van der Waals surface area contributed by atoms with E-state index in [0.29, 0.717) is 12.3 Å². The Balaban J connectivity index is 2.39. The first-order valence-electron chi connectivity index (χ1n) is 3.07. The summed E-state index contributed by atoms with van der Waals surface area (Å²) in [4.78, 5) is 0. The van der Waals surface area contributed by atoms with E-state index in [4.69, 9.17) is 0 Å². The molecule has 2 fully saturated rings. The van der Waals surface area contributed by atoms with Crippen molar-refractivity contribution in [3.8, 4) is 0 Å². The van der Waals surface area contributed by atoms with Crippen LogP contribution in [0.25, 0.3) is 0 Å². The van der Waals surface area contributed by atoms with Gasteiger partial charge >= 0.3 is 0 Å². The van der Waals surface area contributed by atoms with E-state index in [1.54, 1.807) is 0 Å². The van der Waals surface area contributed by atoms with Crippen molar-refractivity contribution in [2.75, 3.05) is 12.3 Å². The van der Waals surface area contributed by atoms with Gasteiger partial charge < -0.3 is 0 Å². The van der Waals surface area contributed by atoms with E-state index in [1.807, 2.05) is 0 Å². The quantitative estimate of drug-likeness (QED) is 0.447. The second-order valence-corrected chi connectivity index (χ2v) is 5.03. The van der Waals surface area contributed by atoms with Crippen molar-refractivity contribution >= 4 is 9.84 Å². The minimum atomic E-state index is -2.68. The SMILES string of the molecule is O=S1(=O)CC2CC1C[N]2. The summed E-state index contributed by atoms with van der Waals surface area (Å²) in [5.74, 6) is 0.317. The zero-order valence-electron chi connectivity index (χ0n) is 4.95. The molecule has 2 atom stereocenters. The number of hydrogen-bond donors (Lipinski definition) is 0. The third-order valence-corrected chi connectivity index (χ3v) is 4.24. The number of sulfone groups is 1. The van der Waals surface area contributed by atoms with Crippen molar-refractivity contribution in [3.63, 3.8) is 0 Å². The Hall–Kier alpha value is -0.0900. The van der Waals surface area contributed by atoms with E-state index >= 15 is 0 Å². The molecule has 2 heterocycles. The lowest BCUT2D eigenvalue weighted by Crippen LogP contribution is -2.31. The molecule has 0 aromatic rings. The molecular formula is C5H8NO2S. The van der Waals surface area contributed by atoms with Gasteiger partial charge in [0.1, 0.15) is 0 Å². The topological polar surface area (TPSA) is 48.2 Å². The van der Waals surface area contributed by atoms with Gasteiger partial charge in [0.05, 0.1) is 11.0 Å². The van der Waals surface area contributed by atoms with Crippen LogP contribution in [0.3, 0.4) is 0 Å². The molecule has 2 bridgehead atoms. The summed E-state index contributed by atoms with van der Waals surface area (Å²) >= 11 is 0. The van der Waals surface area contributed by atoms with E-state index in [9.17, 15) is 8.42 Å². The molecule has 0 aromatic carbocycles. The van der Waals surface area contributed by atoms with Gasteiger partial charge in [0, 0.05) is 12.6 Å². The van der Waals surface area contributed by atoms with E-state index in [0.717, 1.165) is 6.42 Å². The van der Waals surface area contributed by atoms with Crippen LogP contribution in [0.15, 0.2) is 0 Å². The minimum Gasteiger partial charge on any atom is -0.236 e. The van der Waals surface area contributed by atoms with Crippen LogP contribution in [0.2, 0.25) is 0 Å². The zero-order valence-corrected chi connectivity index (χ0v) is 5.76. The van der Waals surface area contributed by atoms with Crippen LogP contribution < -0.4 is 5.32 Å². The van der Waals surface area contributed by atoms with E-state index in [-0.39, 0.29) is 11.3 Å². The first kappa shape index (κ1) is 5.68. The fraction of sp³-hybridized carbons (Fsp3) is 1.00. The number of hydrogen-bond acceptors (Lipinski definition) is 2. The second kappa shape index (κ2) is 1.49. The standard InChI is InChI=1S/C5H8NO2S/c7-9(8)3-4-1-5(9)2-6-4/h4-5H,1-3H2. The Kier molecular flexibility index (Phi) is 0.941. The van der Waals surface area contributed by atoms with E-state index in [2.05, 4.69) is 5.32 Å². The number of fused-ring (bicyclic) bond motifs is 2. The Morgan fingerprint density at radius 3 is 2.44 bits per heavy atom. The molecular weight excluding hydrogens is 138 g/mol. The third-order valence-electron chi connectivity index (χ3n) is 2.03.